The van der Waals surface area contributed by atoms with Crippen molar-refractivity contribution in [3.63, 3.8) is 0 Å². The van der Waals surface area contributed by atoms with Crippen LogP contribution < -0.4 is 0 Å². The van der Waals surface area contributed by atoms with E-state index in [0.29, 0.717) is 12.8 Å². The van der Waals surface area contributed by atoms with Crippen LogP contribution in [0.4, 0.5) is 17.6 Å². The molecule has 1 amide bonds. The van der Waals surface area contributed by atoms with Crippen LogP contribution in [0.5, 0.6) is 0 Å². The second-order valence-electron chi connectivity index (χ2n) is 5.84. The Morgan fingerprint density at radius 3 is 2.33 bits per heavy atom. The fraction of sp³-hybridized carbons (Fsp3) is 0.500. The maximum Gasteiger partial charge on any atom is 0.416 e. The molecule has 1 aliphatic rings. The average molecular weight is 347 g/mol. The average Bonchev–Trinajstić information content (AvgIpc) is 2.52. The number of carbonyl (C=O) groups excluding carboxylic acids is 1. The molecule has 1 aromatic rings. The largest absolute Gasteiger partial charge is 0.481 e. The molecule has 0 bridgehead atoms. The third kappa shape index (κ3) is 3.68. The number of hydrogen-bond donors (Lipinski definition) is 1. The summed E-state index contributed by atoms with van der Waals surface area (Å²) in [6.45, 7) is 1.76. The molecule has 2 rings (SSSR count). The van der Waals surface area contributed by atoms with Gasteiger partial charge in [-0.2, -0.15) is 13.2 Å². The number of carboxylic acids is 1. The first-order valence-electron chi connectivity index (χ1n) is 7.47. The lowest BCUT2D eigenvalue weighted by molar-refractivity contribution is -0.151. The topological polar surface area (TPSA) is 57.6 Å². The van der Waals surface area contributed by atoms with Crippen molar-refractivity contribution in [2.45, 2.75) is 38.2 Å². The highest BCUT2D eigenvalue weighted by Crippen LogP contribution is 2.32. The van der Waals surface area contributed by atoms with Crippen LogP contribution in [0, 0.1) is 5.92 Å². The highest BCUT2D eigenvalue weighted by molar-refractivity contribution is 5.83. The Morgan fingerprint density at radius 1 is 1.25 bits per heavy atom. The van der Waals surface area contributed by atoms with E-state index in [4.69, 9.17) is 5.11 Å². The molecule has 24 heavy (non-hydrogen) atoms. The number of likely N-dealkylation sites (tertiary alicyclic amines) is 1. The molecule has 0 saturated carbocycles. The Morgan fingerprint density at radius 2 is 1.83 bits per heavy atom. The van der Waals surface area contributed by atoms with Gasteiger partial charge in [0.25, 0.3) is 5.91 Å². The van der Waals surface area contributed by atoms with E-state index < -0.39 is 41.7 Å². The summed E-state index contributed by atoms with van der Waals surface area (Å²) in [6.07, 6.45) is -5.82. The number of benzene rings is 1. The molecule has 132 valence electrons. The van der Waals surface area contributed by atoms with Crippen molar-refractivity contribution in [3.8, 4) is 0 Å². The Balaban J connectivity index is 2.15. The van der Waals surface area contributed by atoms with Gasteiger partial charge in [0.2, 0.25) is 6.17 Å². The van der Waals surface area contributed by atoms with Crippen LogP contribution in [0.15, 0.2) is 24.3 Å². The van der Waals surface area contributed by atoms with Gasteiger partial charge in [-0.15, -0.1) is 0 Å². The fourth-order valence-corrected chi connectivity index (χ4v) is 2.91. The SMILES string of the molecule is C[C@@H]1[C@H](C(=O)O)CCCN1C(=O)C(F)c1ccc(C(F)(F)F)cc1. The zero-order valence-electron chi connectivity index (χ0n) is 12.9. The lowest BCUT2D eigenvalue weighted by Crippen LogP contribution is -2.50. The monoisotopic (exact) mass is 347 g/mol. The van der Waals surface area contributed by atoms with Crippen molar-refractivity contribution >= 4 is 11.9 Å². The smallest absolute Gasteiger partial charge is 0.416 e. The Bertz CT molecular complexity index is 615. The number of aliphatic carboxylic acids is 1. The first-order chi connectivity index (χ1) is 11.1. The molecule has 1 saturated heterocycles. The van der Waals surface area contributed by atoms with Gasteiger partial charge in [0.1, 0.15) is 0 Å². The van der Waals surface area contributed by atoms with E-state index in [1.807, 2.05) is 0 Å². The minimum Gasteiger partial charge on any atom is -0.481 e. The van der Waals surface area contributed by atoms with Gasteiger partial charge in [0, 0.05) is 12.6 Å². The van der Waals surface area contributed by atoms with Crippen LogP contribution in [-0.2, 0) is 15.8 Å². The van der Waals surface area contributed by atoms with E-state index >= 15 is 0 Å². The number of carbonyl (C=O) groups is 2. The summed E-state index contributed by atoms with van der Waals surface area (Å²) in [5, 5.41) is 9.13. The van der Waals surface area contributed by atoms with E-state index in [-0.39, 0.29) is 12.1 Å². The maximum absolute atomic E-state index is 14.4. The summed E-state index contributed by atoms with van der Waals surface area (Å²) in [6, 6.07) is 2.61. The molecule has 1 heterocycles. The molecule has 8 heteroatoms. The van der Waals surface area contributed by atoms with Crippen LogP contribution in [0.3, 0.4) is 0 Å². The third-order valence-corrected chi connectivity index (χ3v) is 4.34. The first kappa shape index (κ1) is 18.2. The number of halogens is 4. The van der Waals surface area contributed by atoms with Crippen LogP contribution in [-0.4, -0.2) is 34.5 Å². The molecule has 1 fully saturated rings. The molecule has 0 radical (unpaired) electrons. The third-order valence-electron chi connectivity index (χ3n) is 4.34. The molecule has 1 aliphatic heterocycles. The highest BCUT2D eigenvalue weighted by atomic mass is 19.4. The van der Waals surface area contributed by atoms with E-state index in [1.165, 1.54) is 6.92 Å². The van der Waals surface area contributed by atoms with Crippen molar-refractivity contribution in [3.05, 3.63) is 35.4 Å². The van der Waals surface area contributed by atoms with E-state index in [1.54, 1.807) is 0 Å². The summed E-state index contributed by atoms with van der Waals surface area (Å²) in [5.74, 6) is -2.75. The Hall–Kier alpha value is -2.12. The summed E-state index contributed by atoms with van der Waals surface area (Å²) in [4.78, 5) is 24.6. The van der Waals surface area contributed by atoms with Gasteiger partial charge in [-0.1, -0.05) is 12.1 Å². The number of amides is 1. The van der Waals surface area contributed by atoms with Crippen LogP contribution in [0.2, 0.25) is 0 Å². The second kappa shape index (κ2) is 6.78. The summed E-state index contributed by atoms with van der Waals surface area (Å²) in [7, 11) is 0. The van der Waals surface area contributed by atoms with Crippen molar-refractivity contribution in [1.82, 2.24) is 4.90 Å². The summed E-state index contributed by atoms with van der Waals surface area (Å²) in [5.41, 5.74) is -1.11. The number of alkyl halides is 4. The molecule has 0 aliphatic carbocycles. The minimum absolute atomic E-state index is 0.183. The van der Waals surface area contributed by atoms with E-state index in [0.717, 1.165) is 29.2 Å². The van der Waals surface area contributed by atoms with Gasteiger partial charge < -0.3 is 10.0 Å². The predicted molar refractivity (Wildman–Crippen MR) is 76.8 cm³/mol. The molecule has 0 aromatic heterocycles. The van der Waals surface area contributed by atoms with Crippen molar-refractivity contribution in [2.24, 2.45) is 5.92 Å². The van der Waals surface area contributed by atoms with Crippen LogP contribution in [0.25, 0.3) is 0 Å². The van der Waals surface area contributed by atoms with E-state index in [9.17, 15) is 27.2 Å². The van der Waals surface area contributed by atoms with Gasteiger partial charge >= 0.3 is 12.1 Å². The van der Waals surface area contributed by atoms with Crippen LogP contribution in [0.1, 0.15) is 37.1 Å². The van der Waals surface area contributed by atoms with Gasteiger partial charge in [-0.05, 0) is 37.5 Å². The standard InChI is InChI=1S/C16H17F4NO3/c1-9-12(15(23)24)3-2-8-21(9)14(22)13(17)10-4-6-11(7-5-10)16(18,19)20/h4-7,9,12-13H,2-3,8H2,1H3,(H,23,24)/t9-,12-,13?/m1/s1. The van der Waals surface area contributed by atoms with Crippen molar-refractivity contribution in [2.75, 3.05) is 6.54 Å². The summed E-state index contributed by atoms with van der Waals surface area (Å²) < 4.78 is 52.0. The van der Waals surface area contributed by atoms with Gasteiger partial charge in [0.05, 0.1) is 11.5 Å². The summed E-state index contributed by atoms with van der Waals surface area (Å²) >= 11 is 0. The normalized spacial score (nSPS) is 23.0. The fourth-order valence-electron chi connectivity index (χ4n) is 2.91. The Labute approximate surface area is 136 Å². The predicted octanol–water partition coefficient (Wildman–Crippen LogP) is 3.43. The number of nitrogens with zero attached hydrogens (tertiary/aromatic N) is 1. The van der Waals surface area contributed by atoms with Gasteiger partial charge in [0.15, 0.2) is 0 Å². The number of rotatable bonds is 3. The molecule has 0 spiro atoms. The number of piperidine rings is 1. The molecule has 1 N–H and O–H groups in total. The molecule has 1 unspecified atom stereocenters. The second-order valence-corrected chi connectivity index (χ2v) is 5.84. The Kier molecular flexibility index (Phi) is 5.15. The molecular formula is C16H17F4NO3. The lowest BCUT2D eigenvalue weighted by atomic mass is 9.89. The minimum atomic E-state index is -4.54. The van der Waals surface area contributed by atoms with Gasteiger partial charge in [-0.3, -0.25) is 9.59 Å². The molecule has 4 nitrogen and oxygen atoms in total. The van der Waals surface area contributed by atoms with E-state index in [2.05, 4.69) is 0 Å². The zero-order chi connectivity index (χ0) is 18.1. The first-order valence-corrected chi connectivity index (χ1v) is 7.47. The lowest BCUT2D eigenvalue weighted by Gasteiger charge is -2.38. The number of hydrogen-bond acceptors (Lipinski definition) is 2. The molecule has 3 atom stereocenters. The van der Waals surface area contributed by atoms with Crippen molar-refractivity contribution in [1.29, 1.82) is 0 Å². The van der Waals surface area contributed by atoms with Crippen LogP contribution >= 0.6 is 0 Å². The quantitative estimate of drug-likeness (QED) is 0.853. The highest BCUT2D eigenvalue weighted by Gasteiger charge is 2.38. The number of carboxylic acid groups (broad SMARTS) is 1. The maximum atomic E-state index is 14.4. The van der Waals surface area contributed by atoms with Crippen molar-refractivity contribution < 1.29 is 32.3 Å². The molecular weight excluding hydrogens is 330 g/mol. The zero-order valence-corrected chi connectivity index (χ0v) is 12.9. The molecule has 1 aromatic carbocycles. The van der Waals surface area contributed by atoms with Gasteiger partial charge in [-0.25, -0.2) is 4.39 Å².